The topological polar surface area (TPSA) is 67.5 Å². The fourth-order valence-corrected chi connectivity index (χ4v) is 3.60. The lowest BCUT2D eigenvalue weighted by Gasteiger charge is -2.32. The van der Waals surface area contributed by atoms with Crippen LogP contribution in [-0.4, -0.2) is 52.2 Å². The molecule has 0 radical (unpaired) electrons. The van der Waals surface area contributed by atoms with Crippen LogP contribution in [0.5, 0.6) is 0 Å². The molecule has 2 aliphatic heterocycles. The summed E-state index contributed by atoms with van der Waals surface area (Å²) in [4.78, 5) is 21.7. The summed E-state index contributed by atoms with van der Waals surface area (Å²) < 4.78 is 12.0. The maximum absolute atomic E-state index is 12.8. The number of nitrogens with zero attached hydrogens (tertiary/aromatic N) is 2. The molecule has 0 unspecified atom stereocenters. The number of aromatic nitrogens is 2. The van der Waals surface area contributed by atoms with Crippen LogP contribution in [0, 0.1) is 0 Å². The molecule has 0 bridgehead atoms. The molecule has 0 spiro atoms. The van der Waals surface area contributed by atoms with Crippen molar-refractivity contribution in [2.75, 3.05) is 13.2 Å². The van der Waals surface area contributed by atoms with E-state index < -0.39 is 0 Å². The van der Waals surface area contributed by atoms with Crippen molar-refractivity contribution in [3.05, 3.63) is 54.1 Å². The Labute approximate surface area is 140 Å². The van der Waals surface area contributed by atoms with E-state index in [9.17, 15) is 4.79 Å². The van der Waals surface area contributed by atoms with Gasteiger partial charge in [-0.05, 0) is 30.5 Å². The van der Waals surface area contributed by atoms with Crippen LogP contribution in [0.25, 0.3) is 0 Å². The Morgan fingerprint density at radius 2 is 2.42 bits per heavy atom. The van der Waals surface area contributed by atoms with Gasteiger partial charge < -0.3 is 19.4 Å². The minimum atomic E-state index is -0.0987. The highest BCUT2D eigenvalue weighted by Gasteiger charge is 2.46. The number of hydrogen-bond acceptors (Lipinski definition) is 4. The van der Waals surface area contributed by atoms with E-state index in [0.717, 1.165) is 25.0 Å². The van der Waals surface area contributed by atoms with Crippen LogP contribution in [0.4, 0.5) is 0 Å². The minimum Gasteiger partial charge on any atom is -0.373 e. The first-order chi connectivity index (χ1) is 11.8. The molecule has 1 amide bonds. The van der Waals surface area contributed by atoms with E-state index >= 15 is 0 Å². The zero-order chi connectivity index (χ0) is 16.4. The molecular formula is C18H21N3O3. The van der Waals surface area contributed by atoms with Crippen molar-refractivity contribution in [2.24, 2.45) is 0 Å². The number of hydrogen-bond donors (Lipinski definition) is 1. The molecule has 126 valence electrons. The zero-order valence-electron chi connectivity index (χ0n) is 13.4. The highest BCUT2D eigenvalue weighted by molar-refractivity contribution is 5.94. The lowest BCUT2D eigenvalue weighted by molar-refractivity contribution is -0.0810. The average Bonchev–Trinajstić information content (AvgIpc) is 3.29. The summed E-state index contributed by atoms with van der Waals surface area (Å²) in [5, 5.41) is 0. The lowest BCUT2D eigenvalue weighted by atomic mass is 10.0. The Bertz CT molecular complexity index is 674. The second-order valence-corrected chi connectivity index (χ2v) is 6.31. The maximum Gasteiger partial charge on any atom is 0.255 e. The predicted molar refractivity (Wildman–Crippen MR) is 87.4 cm³/mol. The number of amides is 1. The summed E-state index contributed by atoms with van der Waals surface area (Å²) in [6.07, 6.45) is 8.87. The standard InChI is InChI=1S/C18H21N3O3/c22-18(14-5-7-20-10-14)21-11-16(17-15(21)4-2-8-23-17)24-12-13-3-1-6-19-9-13/h1,3,5-7,9-10,15-17,20H,2,4,8,11-12H2/t15-,16+,17+/m1/s1. The summed E-state index contributed by atoms with van der Waals surface area (Å²) in [7, 11) is 0. The van der Waals surface area contributed by atoms with Crippen LogP contribution in [0.3, 0.4) is 0 Å². The molecule has 2 aromatic rings. The number of nitrogens with one attached hydrogen (secondary N) is 1. The number of pyridine rings is 1. The van der Waals surface area contributed by atoms with Crippen molar-refractivity contribution in [3.8, 4) is 0 Å². The van der Waals surface area contributed by atoms with Gasteiger partial charge in [-0.3, -0.25) is 9.78 Å². The number of ether oxygens (including phenoxy) is 2. The molecule has 2 saturated heterocycles. The van der Waals surface area contributed by atoms with E-state index in [1.54, 1.807) is 24.8 Å². The van der Waals surface area contributed by atoms with E-state index in [4.69, 9.17) is 9.47 Å². The second-order valence-electron chi connectivity index (χ2n) is 6.31. The third-order valence-electron chi connectivity index (χ3n) is 4.77. The van der Waals surface area contributed by atoms with Crippen molar-refractivity contribution < 1.29 is 14.3 Å². The van der Waals surface area contributed by atoms with Crippen LogP contribution in [0.1, 0.15) is 28.8 Å². The van der Waals surface area contributed by atoms with Crippen LogP contribution in [0.2, 0.25) is 0 Å². The van der Waals surface area contributed by atoms with Gasteiger partial charge in [0.25, 0.3) is 5.91 Å². The maximum atomic E-state index is 12.8. The van der Waals surface area contributed by atoms with Gasteiger partial charge in [-0.2, -0.15) is 0 Å². The number of fused-ring (bicyclic) bond motifs is 1. The molecule has 2 fully saturated rings. The number of H-pyrrole nitrogens is 1. The van der Waals surface area contributed by atoms with Gasteiger partial charge in [0.05, 0.1) is 24.8 Å². The summed E-state index contributed by atoms with van der Waals surface area (Å²) in [5.41, 5.74) is 1.72. The molecule has 24 heavy (non-hydrogen) atoms. The monoisotopic (exact) mass is 327 g/mol. The van der Waals surface area contributed by atoms with Gasteiger partial charge in [0.2, 0.25) is 0 Å². The highest BCUT2D eigenvalue weighted by atomic mass is 16.5. The van der Waals surface area contributed by atoms with E-state index in [1.165, 1.54) is 0 Å². The van der Waals surface area contributed by atoms with Gasteiger partial charge >= 0.3 is 0 Å². The molecule has 2 aromatic heterocycles. The summed E-state index contributed by atoms with van der Waals surface area (Å²) in [6, 6.07) is 5.80. The number of likely N-dealkylation sites (tertiary alicyclic amines) is 1. The van der Waals surface area contributed by atoms with Crippen molar-refractivity contribution in [1.82, 2.24) is 14.9 Å². The van der Waals surface area contributed by atoms with E-state index in [-0.39, 0.29) is 24.2 Å². The zero-order valence-corrected chi connectivity index (χ0v) is 13.4. The Kier molecular flexibility index (Phi) is 4.32. The van der Waals surface area contributed by atoms with Crippen LogP contribution in [0.15, 0.2) is 43.0 Å². The molecule has 0 aromatic carbocycles. The SMILES string of the molecule is O=C(c1cc[nH]c1)N1C[C@H](OCc2cccnc2)[C@H]2OCCC[C@H]21. The first-order valence-corrected chi connectivity index (χ1v) is 8.39. The first-order valence-electron chi connectivity index (χ1n) is 8.39. The Morgan fingerprint density at radius 3 is 3.21 bits per heavy atom. The highest BCUT2D eigenvalue weighted by Crippen LogP contribution is 2.32. The van der Waals surface area contributed by atoms with Crippen molar-refractivity contribution in [1.29, 1.82) is 0 Å². The van der Waals surface area contributed by atoms with Gasteiger partial charge in [0.1, 0.15) is 12.2 Å². The molecule has 0 aliphatic carbocycles. The Balaban J connectivity index is 1.48. The molecule has 4 heterocycles. The quantitative estimate of drug-likeness (QED) is 0.933. The first kappa shape index (κ1) is 15.4. The lowest BCUT2D eigenvalue weighted by Crippen LogP contribution is -2.43. The molecule has 6 nitrogen and oxygen atoms in total. The van der Waals surface area contributed by atoms with Crippen LogP contribution < -0.4 is 0 Å². The van der Waals surface area contributed by atoms with E-state index in [0.29, 0.717) is 18.7 Å². The Hall–Kier alpha value is -2.18. The molecular weight excluding hydrogens is 306 g/mol. The molecule has 0 saturated carbocycles. The minimum absolute atomic E-state index is 0.0432. The molecule has 3 atom stereocenters. The van der Waals surface area contributed by atoms with Gasteiger partial charge in [0.15, 0.2) is 0 Å². The number of rotatable bonds is 4. The number of carbonyl (C=O) groups is 1. The second kappa shape index (κ2) is 6.75. The summed E-state index contributed by atoms with van der Waals surface area (Å²) in [5.74, 6) is 0.0456. The number of carbonyl (C=O) groups excluding carboxylic acids is 1. The van der Waals surface area contributed by atoms with Gasteiger partial charge in [-0.25, -0.2) is 0 Å². The van der Waals surface area contributed by atoms with E-state index in [1.807, 2.05) is 23.1 Å². The van der Waals surface area contributed by atoms with Gasteiger partial charge in [-0.15, -0.1) is 0 Å². The number of aromatic amines is 1. The molecule has 4 rings (SSSR count). The van der Waals surface area contributed by atoms with Gasteiger partial charge in [-0.1, -0.05) is 6.07 Å². The predicted octanol–water partition coefficient (Wildman–Crippen LogP) is 2.00. The molecule has 1 N–H and O–H groups in total. The third-order valence-corrected chi connectivity index (χ3v) is 4.77. The average molecular weight is 327 g/mol. The Morgan fingerprint density at radius 1 is 1.46 bits per heavy atom. The third kappa shape index (κ3) is 2.95. The van der Waals surface area contributed by atoms with Crippen LogP contribution >= 0.6 is 0 Å². The van der Waals surface area contributed by atoms with Crippen molar-refractivity contribution in [3.63, 3.8) is 0 Å². The van der Waals surface area contributed by atoms with Crippen LogP contribution in [-0.2, 0) is 16.1 Å². The fraction of sp³-hybridized carbons (Fsp3) is 0.444. The largest absolute Gasteiger partial charge is 0.373 e. The van der Waals surface area contributed by atoms with E-state index in [2.05, 4.69) is 9.97 Å². The normalized spacial score (nSPS) is 26.3. The van der Waals surface area contributed by atoms with Crippen molar-refractivity contribution in [2.45, 2.75) is 37.7 Å². The summed E-state index contributed by atoms with van der Waals surface area (Å²) >= 11 is 0. The molecule has 2 aliphatic rings. The van der Waals surface area contributed by atoms with Crippen molar-refractivity contribution >= 4 is 5.91 Å². The fourth-order valence-electron chi connectivity index (χ4n) is 3.60. The summed E-state index contributed by atoms with van der Waals surface area (Å²) in [6.45, 7) is 1.79. The molecule has 6 heteroatoms. The smallest absolute Gasteiger partial charge is 0.255 e. The van der Waals surface area contributed by atoms with Gasteiger partial charge in [0, 0.05) is 31.4 Å².